The predicted octanol–water partition coefficient (Wildman–Crippen LogP) is 1.07. The molecule has 8 heavy (non-hydrogen) atoms. The van der Waals surface area contributed by atoms with Gasteiger partial charge in [-0.15, -0.1) is 0 Å². The Balaban J connectivity index is 3.79. The van der Waals surface area contributed by atoms with Gasteiger partial charge in [0.2, 0.25) is 0 Å². The number of nitriles is 1. The average molecular weight is 109 g/mol. The van der Waals surface area contributed by atoms with Gasteiger partial charge in [-0.05, 0) is 6.42 Å². The van der Waals surface area contributed by atoms with Crippen molar-refractivity contribution in [3.8, 4) is 6.07 Å². The van der Waals surface area contributed by atoms with Crippen molar-refractivity contribution in [2.75, 3.05) is 0 Å². The minimum absolute atomic E-state index is 0.215. The molecule has 0 rings (SSSR count). The second-order valence-electron chi connectivity index (χ2n) is 1.44. The van der Waals surface area contributed by atoms with Gasteiger partial charge in [-0.3, -0.25) is 0 Å². The molecule has 0 aromatic rings. The van der Waals surface area contributed by atoms with Gasteiger partial charge in [0.1, 0.15) is 17.6 Å². The maximum Gasteiger partial charge on any atom is 0.139 e. The van der Waals surface area contributed by atoms with Crippen LogP contribution in [0, 0.1) is 11.3 Å². The van der Waals surface area contributed by atoms with Gasteiger partial charge in [0.05, 0.1) is 0 Å². The lowest BCUT2D eigenvalue weighted by Gasteiger charge is -1.81. The third-order valence-electron chi connectivity index (χ3n) is 0.758. The van der Waals surface area contributed by atoms with E-state index in [0.717, 1.165) is 6.42 Å². The molecule has 2 nitrogen and oxygen atoms in total. The molecule has 0 aliphatic heterocycles. The summed E-state index contributed by atoms with van der Waals surface area (Å²) in [4.78, 5) is 9.74. The maximum atomic E-state index is 9.74. The van der Waals surface area contributed by atoms with Crippen LogP contribution in [-0.2, 0) is 4.79 Å². The van der Waals surface area contributed by atoms with Gasteiger partial charge >= 0.3 is 0 Å². The van der Waals surface area contributed by atoms with Crippen LogP contribution in [0.4, 0.5) is 0 Å². The average Bonchev–Trinajstić information content (AvgIpc) is 1.83. The standard InChI is InChI=1S/C6H7NO/c1-2-3-6(4-7)5-8/h2-3H2,1H3. The van der Waals surface area contributed by atoms with Gasteiger partial charge in [-0.2, -0.15) is 5.26 Å². The van der Waals surface area contributed by atoms with Crippen molar-refractivity contribution < 1.29 is 4.79 Å². The number of allylic oxidation sites excluding steroid dienone is 1. The van der Waals surface area contributed by atoms with Crippen molar-refractivity contribution in [2.24, 2.45) is 0 Å². The first-order valence-electron chi connectivity index (χ1n) is 2.49. The molecule has 0 spiro atoms. The fourth-order valence-corrected chi connectivity index (χ4v) is 0.380. The lowest BCUT2D eigenvalue weighted by molar-refractivity contribution is 0.566. The van der Waals surface area contributed by atoms with Crippen molar-refractivity contribution >= 4 is 5.94 Å². The van der Waals surface area contributed by atoms with E-state index >= 15 is 0 Å². The Bertz CT molecular complexity index is 148. The fourth-order valence-electron chi connectivity index (χ4n) is 0.380. The van der Waals surface area contributed by atoms with E-state index < -0.39 is 0 Å². The van der Waals surface area contributed by atoms with Crippen molar-refractivity contribution in [1.82, 2.24) is 0 Å². The fraction of sp³-hybridized carbons (Fsp3) is 0.500. The minimum Gasteiger partial charge on any atom is -0.232 e. The van der Waals surface area contributed by atoms with Crippen LogP contribution in [0.1, 0.15) is 19.8 Å². The highest BCUT2D eigenvalue weighted by Crippen LogP contribution is 1.96. The molecule has 0 saturated carbocycles. The minimum atomic E-state index is 0.215. The Morgan fingerprint density at radius 1 is 1.75 bits per heavy atom. The predicted molar refractivity (Wildman–Crippen MR) is 29.7 cm³/mol. The molecular weight excluding hydrogens is 102 g/mol. The summed E-state index contributed by atoms with van der Waals surface area (Å²) in [6, 6.07) is 1.75. The SMILES string of the molecule is CCCC(=C=O)C#N. The van der Waals surface area contributed by atoms with Crippen molar-refractivity contribution in [3.05, 3.63) is 5.57 Å². The smallest absolute Gasteiger partial charge is 0.139 e. The Kier molecular flexibility index (Phi) is 3.56. The molecule has 42 valence electrons. The molecule has 0 bridgehead atoms. The second-order valence-corrected chi connectivity index (χ2v) is 1.44. The van der Waals surface area contributed by atoms with E-state index in [4.69, 9.17) is 5.26 Å². The Morgan fingerprint density at radius 2 is 2.38 bits per heavy atom. The van der Waals surface area contributed by atoms with Gasteiger partial charge in [0.15, 0.2) is 0 Å². The van der Waals surface area contributed by atoms with Gasteiger partial charge in [-0.25, -0.2) is 4.79 Å². The van der Waals surface area contributed by atoms with Gasteiger partial charge in [-0.1, -0.05) is 13.3 Å². The molecule has 0 unspecified atom stereocenters. The molecule has 0 aliphatic carbocycles. The van der Waals surface area contributed by atoms with Gasteiger partial charge in [0, 0.05) is 0 Å². The lowest BCUT2D eigenvalue weighted by Crippen LogP contribution is -1.76. The first kappa shape index (κ1) is 6.94. The van der Waals surface area contributed by atoms with E-state index in [9.17, 15) is 4.79 Å². The topological polar surface area (TPSA) is 40.9 Å². The molecule has 0 heterocycles. The molecule has 0 amide bonds. The summed E-state index contributed by atoms with van der Waals surface area (Å²) in [5.74, 6) is 1.56. The summed E-state index contributed by atoms with van der Waals surface area (Å²) in [5.41, 5.74) is 0.215. The van der Waals surface area contributed by atoms with Crippen LogP contribution in [0.2, 0.25) is 0 Å². The first-order valence-corrected chi connectivity index (χ1v) is 2.49. The number of carbonyl (C=O) groups excluding carboxylic acids is 1. The van der Waals surface area contributed by atoms with E-state index in [2.05, 4.69) is 0 Å². The summed E-state index contributed by atoms with van der Waals surface area (Å²) < 4.78 is 0. The van der Waals surface area contributed by atoms with E-state index in [1.54, 1.807) is 12.0 Å². The summed E-state index contributed by atoms with van der Waals surface area (Å²) >= 11 is 0. The molecule has 0 saturated heterocycles. The van der Waals surface area contributed by atoms with Crippen LogP contribution in [-0.4, -0.2) is 5.94 Å². The molecular formula is C6H7NO. The molecule has 0 fully saturated rings. The Labute approximate surface area is 48.4 Å². The molecule has 0 N–H and O–H groups in total. The summed E-state index contributed by atoms with van der Waals surface area (Å²) in [6.07, 6.45) is 1.39. The van der Waals surface area contributed by atoms with Crippen LogP contribution in [0.5, 0.6) is 0 Å². The monoisotopic (exact) mass is 109 g/mol. The highest BCUT2D eigenvalue weighted by atomic mass is 16.1. The third-order valence-corrected chi connectivity index (χ3v) is 0.758. The first-order chi connectivity index (χ1) is 3.85. The van der Waals surface area contributed by atoms with E-state index in [-0.39, 0.29) is 5.57 Å². The van der Waals surface area contributed by atoms with Crippen LogP contribution < -0.4 is 0 Å². The lowest BCUT2D eigenvalue weighted by atomic mass is 10.2. The van der Waals surface area contributed by atoms with Gasteiger partial charge in [0.25, 0.3) is 0 Å². The van der Waals surface area contributed by atoms with Crippen molar-refractivity contribution in [1.29, 1.82) is 5.26 Å². The summed E-state index contributed by atoms with van der Waals surface area (Å²) in [5, 5.41) is 8.11. The largest absolute Gasteiger partial charge is 0.232 e. The molecule has 2 heteroatoms. The Hall–Kier alpha value is -1.06. The van der Waals surface area contributed by atoms with Crippen molar-refractivity contribution in [3.63, 3.8) is 0 Å². The molecule has 0 atom stereocenters. The number of hydrogen-bond donors (Lipinski definition) is 0. The van der Waals surface area contributed by atoms with E-state index in [1.807, 2.05) is 6.92 Å². The third kappa shape index (κ3) is 2.17. The summed E-state index contributed by atoms with van der Waals surface area (Å²) in [7, 11) is 0. The highest BCUT2D eigenvalue weighted by Gasteiger charge is 1.89. The number of hydrogen-bond acceptors (Lipinski definition) is 2. The van der Waals surface area contributed by atoms with E-state index in [1.165, 1.54) is 0 Å². The normalized spacial score (nSPS) is 7.00. The molecule has 0 aromatic heterocycles. The number of rotatable bonds is 2. The second kappa shape index (κ2) is 4.11. The van der Waals surface area contributed by atoms with Crippen molar-refractivity contribution in [2.45, 2.75) is 19.8 Å². The zero-order valence-corrected chi connectivity index (χ0v) is 4.77. The Morgan fingerprint density at radius 3 is 2.50 bits per heavy atom. The zero-order valence-electron chi connectivity index (χ0n) is 4.77. The maximum absolute atomic E-state index is 9.74. The van der Waals surface area contributed by atoms with Crippen LogP contribution in [0.3, 0.4) is 0 Å². The van der Waals surface area contributed by atoms with Crippen LogP contribution in [0.25, 0.3) is 0 Å². The van der Waals surface area contributed by atoms with Gasteiger partial charge < -0.3 is 0 Å². The molecule has 0 aromatic carbocycles. The molecule has 0 radical (unpaired) electrons. The van der Waals surface area contributed by atoms with Crippen LogP contribution in [0.15, 0.2) is 5.57 Å². The quantitative estimate of drug-likeness (QED) is 0.393. The van der Waals surface area contributed by atoms with E-state index in [0.29, 0.717) is 6.42 Å². The molecule has 0 aliphatic rings. The zero-order chi connectivity index (χ0) is 6.41. The van der Waals surface area contributed by atoms with Crippen LogP contribution >= 0.6 is 0 Å². The summed E-state index contributed by atoms with van der Waals surface area (Å²) in [6.45, 7) is 1.91. The number of nitrogens with zero attached hydrogens (tertiary/aromatic N) is 1. The highest BCUT2D eigenvalue weighted by molar-refractivity contribution is 5.58.